The van der Waals surface area contributed by atoms with Crippen molar-refractivity contribution in [3.63, 3.8) is 0 Å². The number of imidazole rings is 1. The van der Waals surface area contributed by atoms with E-state index in [0.29, 0.717) is 18.8 Å². The number of pyridine rings is 1. The highest BCUT2D eigenvalue weighted by molar-refractivity contribution is 5.52. The summed E-state index contributed by atoms with van der Waals surface area (Å²) in [6.07, 6.45) is -1.91. The van der Waals surface area contributed by atoms with E-state index in [1.165, 1.54) is 16.7 Å². The van der Waals surface area contributed by atoms with Crippen molar-refractivity contribution < 1.29 is 13.2 Å². The zero-order chi connectivity index (χ0) is 12.9. The number of aromatic nitrogens is 3. The molecule has 18 heavy (non-hydrogen) atoms. The minimum absolute atomic E-state index is 0.186. The first-order valence-electron chi connectivity index (χ1n) is 5.30. The molecule has 3 rings (SSSR count). The lowest BCUT2D eigenvalue weighted by molar-refractivity contribution is -0.140. The highest BCUT2D eigenvalue weighted by atomic mass is 19.4. The Morgan fingerprint density at radius 3 is 2.67 bits per heavy atom. The fourth-order valence-corrected chi connectivity index (χ4v) is 2.04. The Morgan fingerprint density at radius 1 is 1.22 bits per heavy atom. The molecule has 94 valence electrons. The summed E-state index contributed by atoms with van der Waals surface area (Å²) in [5, 5.41) is 0. The van der Waals surface area contributed by atoms with E-state index in [1.54, 1.807) is 10.8 Å². The maximum Gasteiger partial charge on any atom is 0.434 e. The van der Waals surface area contributed by atoms with Crippen LogP contribution in [-0.2, 0) is 19.3 Å². The van der Waals surface area contributed by atoms with Crippen LogP contribution in [0.2, 0.25) is 0 Å². The molecule has 1 aliphatic heterocycles. The Morgan fingerprint density at radius 2 is 1.94 bits per heavy atom. The summed E-state index contributed by atoms with van der Waals surface area (Å²) >= 11 is 0. The third kappa shape index (κ3) is 1.62. The van der Waals surface area contributed by atoms with Gasteiger partial charge in [0.05, 0.1) is 5.69 Å². The normalized spacial score (nSPS) is 14.2. The Bertz CT molecular complexity index is 669. The Labute approximate surface area is 99.3 Å². The third-order valence-electron chi connectivity index (χ3n) is 2.89. The van der Waals surface area contributed by atoms with Crippen LogP contribution in [-0.4, -0.2) is 14.1 Å². The minimum Gasteiger partial charge on any atom is -0.343 e. The molecule has 0 fully saturated rings. The van der Waals surface area contributed by atoms with E-state index in [2.05, 4.69) is 4.98 Å². The number of alkyl halides is 3. The van der Waals surface area contributed by atoms with Gasteiger partial charge in [-0.05, 0) is 0 Å². The lowest BCUT2D eigenvalue weighted by atomic mass is 10.2. The van der Waals surface area contributed by atoms with Crippen molar-refractivity contribution >= 4 is 0 Å². The van der Waals surface area contributed by atoms with Gasteiger partial charge < -0.3 is 9.13 Å². The van der Waals surface area contributed by atoms with E-state index in [4.69, 9.17) is 0 Å². The van der Waals surface area contributed by atoms with Crippen LogP contribution in [0.15, 0.2) is 29.3 Å². The van der Waals surface area contributed by atoms with Gasteiger partial charge in [0.2, 0.25) is 0 Å². The lowest BCUT2D eigenvalue weighted by Gasteiger charge is -2.19. The van der Waals surface area contributed by atoms with Crippen molar-refractivity contribution in [2.45, 2.75) is 19.3 Å². The smallest absolute Gasteiger partial charge is 0.343 e. The van der Waals surface area contributed by atoms with Crippen LogP contribution in [0.5, 0.6) is 0 Å². The third-order valence-corrected chi connectivity index (χ3v) is 2.89. The monoisotopic (exact) mass is 255 g/mol. The van der Waals surface area contributed by atoms with Crippen LogP contribution < -0.4 is 5.43 Å². The van der Waals surface area contributed by atoms with Gasteiger partial charge in [0, 0.05) is 37.6 Å². The highest BCUT2D eigenvalue weighted by Crippen LogP contribution is 2.31. The van der Waals surface area contributed by atoms with Crippen LogP contribution in [0.25, 0.3) is 11.5 Å². The number of nitrogens with zero attached hydrogens (tertiary/aromatic N) is 3. The molecule has 0 saturated carbocycles. The van der Waals surface area contributed by atoms with E-state index in [1.807, 2.05) is 0 Å². The summed E-state index contributed by atoms with van der Waals surface area (Å²) in [6, 6.07) is 2.69. The highest BCUT2D eigenvalue weighted by Gasteiger charge is 2.35. The van der Waals surface area contributed by atoms with Gasteiger partial charge >= 0.3 is 6.18 Å². The van der Waals surface area contributed by atoms with Gasteiger partial charge in [0.15, 0.2) is 16.9 Å². The number of hydrogen-bond donors (Lipinski definition) is 0. The van der Waals surface area contributed by atoms with E-state index in [9.17, 15) is 18.0 Å². The SMILES string of the molecule is O=c1ccn2c(c1)-c1nc(C(F)(F)F)cn1CC2. The first kappa shape index (κ1) is 11.1. The maximum atomic E-state index is 12.6. The molecule has 1 aliphatic rings. The molecule has 0 atom stereocenters. The van der Waals surface area contributed by atoms with Crippen molar-refractivity contribution in [3.8, 4) is 11.5 Å². The van der Waals surface area contributed by atoms with Crippen molar-refractivity contribution in [1.82, 2.24) is 14.1 Å². The zero-order valence-corrected chi connectivity index (χ0v) is 9.11. The topological polar surface area (TPSA) is 39.8 Å². The molecule has 3 heterocycles. The van der Waals surface area contributed by atoms with Gasteiger partial charge in [0.25, 0.3) is 0 Å². The van der Waals surface area contributed by atoms with Crippen LogP contribution in [0.1, 0.15) is 5.69 Å². The minimum atomic E-state index is -4.47. The van der Waals surface area contributed by atoms with Gasteiger partial charge in [-0.15, -0.1) is 0 Å². The Balaban J connectivity index is 2.21. The van der Waals surface area contributed by atoms with Crippen molar-refractivity contribution in [2.75, 3.05) is 0 Å². The van der Waals surface area contributed by atoms with E-state index in [-0.39, 0.29) is 11.3 Å². The predicted octanol–water partition coefficient (Wildman–Crippen LogP) is 1.74. The number of rotatable bonds is 0. The molecule has 2 aromatic rings. The molecule has 0 unspecified atom stereocenters. The second-order valence-corrected chi connectivity index (χ2v) is 4.08. The summed E-state index contributed by atoms with van der Waals surface area (Å²) in [5.74, 6) is 0.186. The molecule has 4 nitrogen and oxygen atoms in total. The number of aryl methyl sites for hydroxylation is 2. The summed E-state index contributed by atoms with van der Waals surface area (Å²) in [7, 11) is 0. The van der Waals surface area contributed by atoms with E-state index in [0.717, 1.165) is 6.20 Å². The molecule has 0 bridgehead atoms. The summed E-state index contributed by atoms with van der Waals surface area (Å²) in [6.45, 7) is 0.935. The molecule has 7 heteroatoms. The van der Waals surface area contributed by atoms with Gasteiger partial charge in [-0.25, -0.2) is 4.98 Å². The molecule has 0 spiro atoms. The molecule has 0 saturated heterocycles. The quantitative estimate of drug-likeness (QED) is 0.719. The second kappa shape index (κ2) is 3.47. The van der Waals surface area contributed by atoms with Gasteiger partial charge in [-0.1, -0.05) is 0 Å². The molecule has 0 amide bonds. The van der Waals surface area contributed by atoms with Crippen molar-refractivity contribution in [2.24, 2.45) is 0 Å². The largest absolute Gasteiger partial charge is 0.434 e. The van der Waals surface area contributed by atoms with Gasteiger partial charge in [-0.2, -0.15) is 13.2 Å². The summed E-state index contributed by atoms with van der Waals surface area (Å²) < 4.78 is 40.9. The fraction of sp³-hybridized carbons (Fsp3) is 0.273. The first-order chi connectivity index (χ1) is 8.45. The van der Waals surface area contributed by atoms with Crippen LogP contribution >= 0.6 is 0 Å². The average Bonchev–Trinajstić information content (AvgIpc) is 2.72. The summed E-state index contributed by atoms with van der Waals surface area (Å²) in [4.78, 5) is 14.9. The molecule has 0 radical (unpaired) electrons. The second-order valence-electron chi connectivity index (χ2n) is 4.08. The van der Waals surface area contributed by atoms with E-state index >= 15 is 0 Å². The number of fused-ring (bicyclic) bond motifs is 3. The van der Waals surface area contributed by atoms with Crippen molar-refractivity contribution in [3.05, 3.63) is 40.4 Å². The predicted molar refractivity (Wildman–Crippen MR) is 56.9 cm³/mol. The molecule has 2 aromatic heterocycles. The lowest BCUT2D eigenvalue weighted by Crippen LogP contribution is -2.19. The van der Waals surface area contributed by atoms with Gasteiger partial charge in [-0.3, -0.25) is 4.79 Å². The molecule has 0 aliphatic carbocycles. The fourth-order valence-electron chi connectivity index (χ4n) is 2.04. The maximum absolute atomic E-state index is 12.6. The number of hydrogen-bond acceptors (Lipinski definition) is 2. The van der Waals surface area contributed by atoms with Crippen LogP contribution in [0.3, 0.4) is 0 Å². The van der Waals surface area contributed by atoms with Crippen molar-refractivity contribution in [1.29, 1.82) is 0 Å². The molecular formula is C11H8F3N3O. The molecule has 0 N–H and O–H groups in total. The van der Waals surface area contributed by atoms with Crippen LogP contribution in [0.4, 0.5) is 13.2 Å². The average molecular weight is 255 g/mol. The number of halogens is 3. The van der Waals surface area contributed by atoms with Gasteiger partial charge in [0.1, 0.15) is 0 Å². The first-order valence-corrected chi connectivity index (χ1v) is 5.30. The molecule has 0 aromatic carbocycles. The standard InChI is InChI=1S/C11H8F3N3O/c12-11(13,14)9-6-17-4-3-16-2-1-7(18)5-8(16)10(17)15-9/h1-2,5-6H,3-4H2. The molecular weight excluding hydrogens is 247 g/mol. The zero-order valence-electron chi connectivity index (χ0n) is 9.11. The summed E-state index contributed by atoms with van der Waals surface area (Å²) in [5.41, 5.74) is -0.752. The Hall–Kier alpha value is -2.05. The van der Waals surface area contributed by atoms with Crippen LogP contribution in [0, 0.1) is 0 Å². The van der Waals surface area contributed by atoms with E-state index < -0.39 is 11.9 Å². The Kier molecular flexibility index (Phi) is 2.13.